The minimum Gasteiger partial charge on any atom is -0.507 e. The molecule has 190 valence electrons. The van der Waals surface area contributed by atoms with Gasteiger partial charge in [0, 0.05) is 22.6 Å². The lowest BCUT2D eigenvalue weighted by Gasteiger charge is -2.21. The molecule has 1 amide bonds. The number of ether oxygens (including phenoxy) is 3. The molecule has 4 aromatic rings. The van der Waals surface area contributed by atoms with Crippen molar-refractivity contribution < 1.29 is 28.9 Å². The molecule has 2 aromatic heterocycles. The van der Waals surface area contributed by atoms with Gasteiger partial charge in [0.25, 0.3) is 5.78 Å². The van der Waals surface area contributed by atoms with Crippen LogP contribution in [0.5, 0.6) is 17.2 Å². The van der Waals surface area contributed by atoms with Gasteiger partial charge in [-0.2, -0.15) is 0 Å². The maximum atomic E-state index is 13.4. The first-order valence-corrected chi connectivity index (χ1v) is 12.4. The first-order valence-electron chi connectivity index (χ1n) is 11.6. The van der Waals surface area contributed by atoms with E-state index in [4.69, 9.17) is 14.2 Å². The number of ketones is 1. The number of benzene rings is 2. The van der Waals surface area contributed by atoms with Crippen molar-refractivity contribution in [2.24, 2.45) is 0 Å². The topological polar surface area (TPSA) is 114 Å². The van der Waals surface area contributed by atoms with Crippen LogP contribution in [0, 0.1) is 0 Å². The predicted octanol–water partition coefficient (Wildman–Crippen LogP) is 5.06. The molecule has 9 nitrogen and oxygen atoms in total. The first-order chi connectivity index (χ1) is 17.8. The number of hydrogen-bond donors (Lipinski definition) is 2. The molecule has 0 radical (unpaired) electrons. The van der Waals surface area contributed by atoms with Crippen LogP contribution in [0.2, 0.25) is 0 Å². The molecule has 1 saturated heterocycles. The number of carbonyl (C=O) groups excluding carboxylic acids is 2. The lowest BCUT2D eigenvalue weighted by atomic mass is 10.00. The number of thiophene rings is 1. The number of aromatic nitrogens is 2. The molecular weight excluding hydrogens is 494 g/mol. The number of aliphatic hydroxyl groups excluding tert-OH is 1. The summed E-state index contributed by atoms with van der Waals surface area (Å²) in [5.74, 6) is -0.205. The molecule has 1 aliphatic rings. The van der Waals surface area contributed by atoms with Crippen molar-refractivity contribution in [1.29, 1.82) is 0 Å². The number of anilines is 1. The molecule has 1 unspecified atom stereocenters. The molecule has 3 heterocycles. The molecule has 2 aromatic carbocycles. The fraction of sp³-hybridized carbons (Fsp3) is 0.222. The quantitative estimate of drug-likeness (QED) is 0.199. The zero-order chi connectivity index (χ0) is 26.3. The van der Waals surface area contributed by atoms with E-state index in [1.807, 2.05) is 31.4 Å². The van der Waals surface area contributed by atoms with Gasteiger partial charge in [-0.3, -0.25) is 14.5 Å². The van der Waals surface area contributed by atoms with E-state index in [2.05, 4.69) is 9.97 Å². The van der Waals surface area contributed by atoms with E-state index >= 15 is 0 Å². The number of methoxy groups -OCH3 is 2. The monoisotopic (exact) mass is 519 g/mol. The zero-order valence-electron chi connectivity index (χ0n) is 20.6. The first kappa shape index (κ1) is 24.4. The van der Waals surface area contributed by atoms with Crippen molar-refractivity contribution in [1.82, 2.24) is 9.97 Å². The van der Waals surface area contributed by atoms with Crippen LogP contribution < -0.4 is 19.1 Å². The molecule has 0 bridgehead atoms. The molecule has 0 saturated carbocycles. The highest BCUT2D eigenvalue weighted by Crippen LogP contribution is 2.44. The van der Waals surface area contributed by atoms with Gasteiger partial charge in [-0.25, -0.2) is 4.98 Å². The molecule has 5 rings (SSSR count). The van der Waals surface area contributed by atoms with Crippen molar-refractivity contribution in [3.8, 4) is 17.2 Å². The number of H-pyrrole nitrogens is 1. The molecular formula is C27H25N3O6S. The van der Waals surface area contributed by atoms with Gasteiger partial charge in [0.15, 0.2) is 11.5 Å². The van der Waals surface area contributed by atoms with Crippen LogP contribution >= 0.6 is 11.3 Å². The van der Waals surface area contributed by atoms with Gasteiger partial charge in [0.05, 0.1) is 36.9 Å². The molecule has 37 heavy (non-hydrogen) atoms. The van der Waals surface area contributed by atoms with E-state index in [1.54, 1.807) is 36.4 Å². The normalized spacial score (nSPS) is 17.1. The van der Waals surface area contributed by atoms with Gasteiger partial charge in [-0.05, 0) is 37.4 Å². The number of aromatic amines is 1. The average Bonchev–Trinajstić information content (AvgIpc) is 3.61. The standard InChI is InChI=1S/C27H25N3O6S/c1-14(2)36-16-8-5-7-15(11-16)24(31)22-23(21-9-6-10-37-21)30(26(33)25(22)32)27-28-17-12-19(34-3)20(35-4)13-18(17)29-27/h5-14,23,31H,1-4H3,(H,28,29)/b24-22+. The number of nitrogens with one attached hydrogen (secondary N) is 1. The molecule has 0 spiro atoms. The molecule has 1 aliphatic heterocycles. The Hall–Kier alpha value is -4.31. The maximum absolute atomic E-state index is 13.4. The zero-order valence-corrected chi connectivity index (χ0v) is 21.5. The number of nitrogens with zero attached hydrogens (tertiary/aromatic N) is 2. The van der Waals surface area contributed by atoms with E-state index in [9.17, 15) is 14.7 Å². The van der Waals surface area contributed by atoms with E-state index in [1.165, 1.54) is 30.5 Å². The number of carbonyl (C=O) groups is 2. The summed E-state index contributed by atoms with van der Waals surface area (Å²) >= 11 is 1.37. The molecule has 10 heteroatoms. The summed E-state index contributed by atoms with van der Waals surface area (Å²) in [6.45, 7) is 3.79. The fourth-order valence-electron chi connectivity index (χ4n) is 4.35. The summed E-state index contributed by atoms with van der Waals surface area (Å²) < 4.78 is 16.5. The number of rotatable bonds is 7. The van der Waals surface area contributed by atoms with E-state index in [0.717, 1.165) is 0 Å². The second kappa shape index (κ2) is 9.62. The number of Topliss-reactive ketones (excluding diaryl/α,β-unsaturated/α-hetero) is 1. The van der Waals surface area contributed by atoms with Gasteiger partial charge in [0.1, 0.15) is 17.6 Å². The van der Waals surface area contributed by atoms with Gasteiger partial charge in [0.2, 0.25) is 5.95 Å². The van der Waals surface area contributed by atoms with Crippen LogP contribution in [-0.4, -0.2) is 47.1 Å². The highest BCUT2D eigenvalue weighted by Gasteiger charge is 2.48. The summed E-state index contributed by atoms with van der Waals surface area (Å²) in [7, 11) is 3.05. The fourth-order valence-corrected chi connectivity index (χ4v) is 5.17. The van der Waals surface area contributed by atoms with Crippen LogP contribution in [0.25, 0.3) is 16.8 Å². The largest absolute Gasteiger partial charge is 0.507 e. The van der Waals surface area contributed by atoms with Crippen molar-refractivity contribution in [2.45, 2.75) is 26.0 Å². The Kier molecular flexibility index (Phi) is 6.34. The van der Waals surface area contributed by atoms with Crippen LogP contribution in [0.4, 0.5) is 5.95 Å². The third kappa shape index (κ3) is 4.29. The van der Waals surface area contributed by atoms with Crippen LogP contribution in [-0.2, 0) is 9.59 Å². The average molecular weight is 520 g/mol. The van der Waals surface area contributed by atoms with Crippen LogP contribution in [0.3, 0.4) is 0 Å². The minimum atomic E-state index is -0.876. The van der Waals surface area contributed by atoms with Gasteiger partial charge >= 0.3 is 5.91 Å². The van der Waals surface area contributed by atoms with E-state index < -0.39 is 17.7 Å². The van der Waals surface area contributed by atoms with E-state index in [0.29, 0.717) is 38.7 Å². The second-order valence-corrected chi connectivity index (χ2v) is 9.64. The Balaban J connectivity index is 1.66. The third-order valence-corrected chi connectivity index (χ3v) is 6.86. The van der Waals surface area contributed by atoms with E-state index in [-0.39, 0.29) is 23.4 Å². The summed E-state index contributed by atoms with van der Waals surface area (Å²) in [5, 5.41) is 13.2. The van der Waals surface area contributed by atoms with Crippen molar-refractivity contribution in [3.05, 3.63) is 69.9 Å². The number of amides is 1. The summed E-state index contributed by atoms with van der Waals surface area (Å²) in [6.07, 6.45) is -0.0700. The SMILES string of the molecule is COc1cc2nc(N3C(=O)C(=O)/C(=C(/O)c4cccc(OC(C)C)c4)C3c3cccs3)[nH]c2cc1OC. The van der Waals surface area contributed by atoms with Crippen LogP contribution in [0.1, 0.15) is 30.3 Å². The Bertz CT molecular complexity index is 1480. The lowest BCUT2D eigenvalue weighted by Crippen LogP contribution is -2.30. The summed E-state index contributed by atoms with van der Waals surface area (Å²) in [6, 6.07) is 13.0. The Morgan fingerprint density at radius 1 is 1.08 bits per heavy atom. The molecule has 1 fully saturated rings. The number of imidazole rings is 1. The third-order valence-electron chi connectivity index (χ3n) is 5.94. The number of aliphatic hydroxyl groups is 1. The van der Waals surface area contributed by atoms with Gasteiger partial charge in [-0.15, -0.1) is 11.3 Å². The second-order valence-electron chi connectivity index (χ2n) is 8.66. The highest BCUT2D eigenvalue weighted by atomic mass is 32.1. The molecule has 0 aliphatic carbocycles. The smallest absolute Gasteiger partial charge is 0.302 e. The van der Waals surface area contributed by atoms with Gasteiger partial charge in [-0.1, -0.05) is 18.2 Å². The van der Waals surface area contributed by atoms with Crippen LogP contribution in [0.15, 0.2) is 59.5 Å². The Labute approximate surface area is 216 Å². The summed E-state index contributed by atoms with van der Waals surface area (Å²) in [4.78, 5) is 36.5. The Morgan fingerprint density at radius 3 is 2.51 bits per heavy atom. The predicted molar refractivity (Wildman–Crippen MR) is 141 cm³/mol. The van der Waals surface area contributed by atoms with Crippen molar-refractivity contribution in [2.75, 3.05) is 19.1 Å². The number of fused-ring (bicyclic) bond motifs is 1. The minimum absolute atomic E-state index is 0.0234. The number of hydrogen-bond acceptors (Lipinski definition) is 8. The van der Waals surface area contributed by atoms with Crippen molar-refractivity contribution >= 4 is 45.8 Å². The van der Waals surface area contributed by atoms with Gasteiger partial charge < -0.3 is 24.3 Å². The lowest BCUT2D eigenvalue weighted by molar-refractivity contribution is -0.132. The Morgan fingerprint density at radius 2 is 1.84 bits per heavy atom. The highest BCUT2D eigenvalue weighted by molar-refractivity contribution is 7.10. The molecule has 1 atom stereocenters. The summed E-state index contributed by atoms with van der Waals surface area (Å²) in [5.41, 5.74) is 1.47. The van der Waals surface area contributed by atoms with Crippen molar-refractivity contribution in [3.63, 3.8) is 0 Å². The maximum Gasteiger partial charge on any atom is 0.302 e. The molecule has 2 N–H and O–H groups in total.